The van der Waals surface area contributed by atoms with E-state index in [0.29, 0.717) is 12.1 Å². The lowest BCUT2D eigenvalue weighted by molar-refractivity contribution is -0.153. The molecule has 0 aliphatic carbocycles. The lowest BCUT2D eigenvalue weighted by Gasteiger charge is -2.28. The summed E-state index contributed by atoms with van der Waals surface area (Å²) < 4.78 is 39.4. The lowest BCUT2D eigenvalue weighted by Crippen LogP contribution is -2.37. The Kier molecular flexibility index (Phi) is 4.98. The average molecular weight is 303 g/mol. The van der Waals surface area contributed by atoms with E-state index in [4.69, 9.17) is 0 Å². The Balaban J connectivity index is 2.95. The van der Waals surface area contributed by atoms with Gasteiger partial charge in [0.2, 0.25) is 5.91 Å². The predicted molar refractivity (Wildman–Crippen MR) is 70.1 cm³/mol. The molecular weight excluding hydrogens is 287 g/mol. The Hall–Kier alpha value is -2.05. The Bertz CT molecular complexity index is 575. The first-order chi connectivity index (χ1) is 9.57. The van der Waals surface area contributed by atoms with Crippen LogP contribution in [0.5, 0.6) is 0 Å². The fourth-order valence-corrected chi connectivity index (χ4v) is 1.70. The third-order valence-corrected chi connectivity index (χ3v) is 3.56. The minimum atomic E-state index is -1.44. The average Bonchev–Trinajstić information content (AvgIpc) is 2.34. The minimum Gasteiger partial charge on any atom is -0.481 e. The van der Waals surface area contributed by atoms with Gasteiger partial charge in [-0.1, -0.05) is 13.8 Å². The molecule has 7 heteroatoms. The van der Waals surface area contributed by atoms with Crippen molar-refractivity contribution in [1.82, 2.24) is 0 Å². The second-order valence-corrected chi connectivity index (χ2v) is 5.35. The van der Waals surface area contributed by atoms with Crippen molar-refractivity contribution < 1.29 is 27.9 Å². The summed E-state index contributed by atoms with van der Waals surface area (Å²) in [5.41, 5.74) is -2.03. The number of carbonyl (C=O) groups is 2. The van der Waals surface area contributed by atoms with Gasteiger partial charge in [0.1, 0.15) is 5.82 Å². The minimum absolute atomic E-state index is 0.348. The van der Waals surface area contributed by atoms with Gasteiger partial charge in [-0.2, -0.15) is 0 Å². The molecular formula is C14H16F3NO3. The van der Waals surface area contributed by atoms with Gasteiger partial charge in [0.15, 0.2) is 11.6 Å². The van der Waals surface area contributed by atoms with Crippen molar-refractivity contribution in [2.45, 2.75) is 27.2 Å². The molecule has 0 aliphatic heterocycles. The first-order valence-electron chi connectivity index (χ1n) is 6.25. The van der Waals surface area contributed by atoms with Crippen molar-refractivity contribution in [2.24, 2.45) is 11.3 Å². The smallest absolute Gasteiger partial charge is 0.310 e. The van der Waals surface area contributed by atoms with Gasteiger partial charge in [-0.15, -0.1) is 0 Å². The summed E-state index contributed by atoms with van der Waals surface area (Å²) in [6, 6.07) is 0.976. The van der Waals surface area contributed by atoms with Crippen LogP contribution in [-0.2, 0) is 9.59 Å². The Morgan fingerprint density at radius 2 is 1.86 bits per heavy atom. The summed E-state index contributed by atoms with van der Waals surface area (Å²) in [5.74, 6) is -6.26. The number of hydrogen-bond donors (Lipinski definition) is 2. The van der Waals surface area contributed by atoms with E-state index in [-0.39, 0.29) is 5.92 Å². The van der Waals surface area contributed by atoms with Crippen LogP contribution in [-0.4, -0.2) is 17.0 Å². The zero-order valence-corrected chi connectivity index (χ0v) is 11.8. The highest BCUT2D eigenvalue weighted by atomic mass is 19.2. The Morgan fingerprint density at radius 1 is 1.29 bits per heavy atom. The van der Waals surface area contributed by atoms with E-state index in [1.54, 1.807) is 13.8 Å². The summed E-state index contributed by atoms with van der Waals surface area (Å²) in [6.07, 6.45) is -0.447. The first kappa shape index (κ1) is 17.0. The number of hydrogen-bond acceptors (Lipinski definition) is 2. The second-order valence-electron chi connectivity index (χ2n) is 5.35. The summed E-state index contributed by atoms with van der Waals surface area (Å²) in [6.45, 7) is 4.63. The maximum Gasteiger partial charge on any atom is 0.310 e. The van der Waals surface area contributed by atoms with Crippen molar-refractivity contribution in [2.75, 3.05) is 5.32 Å². The highest BCUT2D eigenvalue weighted by Crippen LogP contribution is 2.32. The van der Waals surface area contributed by atoms with Crippen LogP contribution in [0.4, 0.5) is 18.9 Å². The third-order valence-electron chi connectivity index (χ3n) is 3.56. The molecule has 0 aliphatic rings. The van der Waals surface area contributed by atoms with Gasteiger partial charge in [-0.25, -0.2) is 13.2 Å². The van der Waals surface area contributed by atoms with Crippen molar-refractivity contribution >= 4 is 17.6 Å². The number of carboxylic acid groups (broad SMARTS) is 1. The van der Waals surface area contributed by atoms with E-state index < -0.39 is 46.9 Å². The maximum atomic E-state index is 13.4. The number of nitrogens with one attached hydrogen (secondary N) is 1. The van der Waals surface area contributed by atoms with Crippen LogP contribution < -0.4 is 5.32 Å². The van der Waals surface area contributed by atoms with E-state index in [1.807, 2.05) is 5.32 Å². The molecule has 0 radical (unpaired) electrons. The van der Waals surface area contributed by atoms with Gasteiger partial charge >= 0.3 is 5.97 Å². The highest BCUT2D eigenvalue weighted by Gasteiger charge is 2.39. The van der Waals surface area contributed by atoms with Gasteiger partial charge in [0.25, 0.3) is 0 Å². The monoisotopic (exact) mass is 303 g/mol. The molecule has 0 saturated heterocycles. The molecule has 1 unspecified atom stereocenters. The molecule has 4 nitrogen and oxygen atoms in total. The van der Waals surface area contributed by atoms with Crippen molar-refractivity contribution in [1.29, 1.82) is 0 Å². The number of rotatable bonds is 5. The Labute approximate surface area is 120 Å². The number of carboxylic acids is 1. The lowest BCUT2D eigenvalue weighted by atomic mass is 9.76. The molecule has 1 aromatic rings. The van der Waals surface area contributed by atoms with Crippen molar-refractivity contribution in [3.63, 3.8) is 0 Å². The second kappa shape index (κ2) is 6.15. The Morgan fingerprint density at radius 3 is 2.33 bits per heavy atom. The molecule has 0 spiro atoms. The molecule has 1 amide bonds. The van der Waals surface area contributed by atoms with Crippen LogP contribution in [0.1, 0.15) is 27.2 Å². The number of halogens is 3. The molecule has 0 saturated carbocycles. The van der Waals surface area contributed by atoms with Crippen LogP contribution in [0.15, 0.2) is 12.1 Å². The molecule has 0 bridgehead atoms. The van der Waals surface area contributed by atoms with Crippen LogP contribution in [0, 0.1) is 28.8 Å². The van der Waals surface area contributed by atoms with Crippen LogP contribution in [0.25, 0.3) is 0 Å². The third kappa shape index (κ3) is 3.74. The topological polar surface area (TPSA) is 66.4 Å². The van der Waals surface area contributed by atoms with Crippen molar-refractivity contribution in [3.05, 3.63) is 29.6 Å². The molecule has 1 rings (SSSR count). The summed E-state index contributed by atoms with van der Waals surface area (Å²) in [7, 11) is 0. The maximum absolute atomic E-state index is 13.4. The van der Waals surface area contributed by atoms with E-state index in [2.05, 4.69) is 0 Å². The molecule has 1 aromatic carbocycles. The number of carbonyl (C=O) groups excluding carboxylic acids is 1. The fraction of sp³-hybridized carbons (Fsp3) is 0.429. The van der Waals surface area contributed by atoms with Gasteiger partial charge in [-0.05, 0) is 12.8 Å². The molecule has 0 aromatic heterocycles. The highest BCUT2D eigenvalue weighted by molar-refractivity contribution is 5.94. The first-order valence-corrected chi connectivity index (χ1v) is 6.25. The zero-order chi connectivity index (χ0) is 16.4. The largest absolute Gasteiger partial charge is 0.481 e. The van der Waals surface area contributed by atoms with E-state index in [9.17, 15) is 27.9 Å². The van der Waals surface area contributed by atoms with Gasteiger partial charge in [0, 0.05) is 18.6 Å². The van der Waals surface area contributed by atoms with Gasteiger partial charge < -0.3 is 10.4 Å². The normalized spacial score (nSPS) is 13.9. The SMILES string of the molecule is CC(C)C(C)(CC(=O)Nc1cc(F)cc(F)c1F)C(=O)O. The fourth-order valence-electron chi connectivity index (χ4n) is 1.70. The number of aliphatic carboxylic acids is 1. The number of anilines is 1. The van der Waals surface area contributed by atoms with Crippen LogP contribution >= 0.6 is 0 Å². The zero-order valence-electron chi connectivity index (χ0n) is 11.8. The molecule has 116 valence electrons. The van der Waals surface area contributed by atoms with Crippen molar-refractivity contribution in [3.8, 4) is 0 Å². The molecule has 0 heterocycles. The number of amides is 1. The summed E-state index contributed by atoms with van der Waals surface area (Å²) >= 11 is 0. The van der Waals surface area contributed by atoms with E-state index in [0.717, 1.165) is 0 Å². The summed E-state index contributed by atoms with van der Waals surface area (Å²) in [5, 5.41) is 11.2. The van der Waals surface area contributed by atoms with Crippen LogP contribution in [0.3, 0.4) is 0 Å². The van der Waals surface area contributed by atoms with E-state index >= 15 is 0 Å². The number of benzene rings is 1. The molecule has 0 fully saturated rings. The molecule has 2 N–H and O–H groups in total. The summed E-state index contributed by atoms with van der Waals surface area (Å²) in [4.78, 5) is 23.1. The van der Waals surface area contributed by atoms with E-state index in [1.165, 1.54) is 6.92 Å². The quantitative estimate of drug-likeness (QED) is 0.821. The standard InChI is InChI=1S/C14H16F3NO3/c1-7(2)14(3,13(20)21)6-11(19)18-10-5-8(15)4-9(16)12(10)17/h4-5,7H,6H2,1-3H3,(H,18,19)(H,20,21). The molecule has 1 atom stereocenters. The van der Waals surface area contributed by atoms with Gasteiger partial charge in [-0.3, -0.25) is 9.59 Å². The van der Waals surface area contributed by atoms with Crippen LogP contribution in [0.2, 0.25) is 0 Å². The molecule has 21 heavy (non-hydrogen) atoms. The predicted octanol–water partition coefficient (Wildman–Crippen LogP) is 3.18. The van der Waals surface area contributed by atoms with Gasteiger partial charge in [0.05, 0.1) is 11.1 Å².